The Hall–Kier alpha value is -1.11. The van der Waals surface area contributed by atoms with Crippen LogP contribution in [0.4, 0.5) is 4.79 Å². The smallest absolute Gasteiger partial charge is 0.326 e. The molecule has 0 saturated heterocycles. The van der Waals surface area contributed by atoms with E-state index < -0.39 is 28.8 Å². The van der Waals surface area contributed by atoms with Crippen LogP contribution in [0.2, 0.25) is 0 Å². The highest BCUT2D eigenvalue weighted by Gasteiger charge is 2.20. The Morgan fingerprint density at radius 3 is 2.39 bits per heavy atom. The number of nitrogens with one attached hydrogen (secondary N) is 2. The molecule has 0 aliphatic rings. The van der Waals surface area contributed by atoms with Gasteiger partial charge in [0.1, 0.15) is 6.04 Å². The minimum Gasteiger partial charge on any atom is -0.480 e. The number of carboxylic acid groups (broad SMARTS) is 1. The second kappa shape index (κ2) is 8.91. The first-order valence-electron chi connectivity index (χ1n) is 5.90. The van der Waals surface area contributed by atoms with Crippen LogP contribution in [0.25, 0.3) is 0 Å². The zero-order valence-corrected chi connectivity index (χ0v) is 11.9. The molecule has 0 fully saturated rings. The first-order valence-corrected chi connectivity index (χ1v) is 7.62. The summed E-state index contributed by atoms with van der Waals surface area (Å²) in [4.78, 5) is 22.3. The topological polar surface area (TPSA) is 95.5 Å². The molecular formula is C11H22N2O4S. The number of carboxylic acids is 1. The number of carbonyl (C=O) groups excluding carboxylic acids is 1. The Balaban J connectivity index is 3.95. The molecule has 106 valence electrons. The lowest BCUT2D eigenvalue weighted by molar-refractivity contribution is -0.139. The maximum Gasteiger partial charge on any atom is 0.326 e. The van der Waals surface area contributed by atoms with Gasteiger partial charge in [0.25, 0.3) is 0 Å². The van der Waals surface area contributed by atoms with Crippen LogP contribution in [0.15, 0.2) is 0 Å². The van der Waals surface area contributed by atoms with Crippen LogP contribution in [0.3, 0.4) is 0 Å². The van der Waals surface area contributed by atoms with Gasteiger partial charge in [0.15, 0.2) is 0 Å². The monoisotopic (exact) mass is 278 g/mol. The molecule has 0 heterocycles. The summed E-state index contributed by atoms with van der Waals surface area (Å²) in [5.41, 5.74) is 0. The van der Waals surface area contributed by atoms with Gasteiger partial charge in [-0.05, 0) is 18.8 Å². The summed E-state index contributed by atoms with van der Waals surface area (Å²) >= 11 is 0. The zero-order chi connectivity index (χ0) is 14.1. The Morgan fingerprint density at radius 1 is 1.33 bits per heavy atom. The van der Waals surface area contributed by atoms with Crippen LogP contribution in [0.1, 0.15) is 26.7 Å². The minimum absolute atomic E-state index is 0.189. The maximum atomic E-state index is 11.4. The van der Waals surface area contributed by atoms with E-state index in [0.717, 1.165) is 0 Å². The first-order chi connectivity index (χ1) is 8.32. The van der Waals surface area contributed by atoms with Crippen molar-refractivity contribution >= 4 is 22.8 Å². The number of hydrogen-bond donors (Lipinski definition) is 3. The summed E-state index contributed by atoms with van der Waals surface area (Å²) in [7, 11) is -0.872. The number of aliphatic carboxylic acids is 1. The van der Waals surface area contributed by atoms with Gasteiger partial charge in [-0.1, -0.05) is 13.8 Å². The highest BCUT2D eigenvalue weighted by atomic mass is 32.2. The Labute approximate surface area is 110 Å². The summed E-state index contributed by atoms with van der Waals surface area (Å²) in [5, 5.41) is 13.9. The fourth-order valence-corrected chi connectivity index (χ4v) is 1.93. The summed E-state index contributed by atoms with van der Waals surface area (Å²) in [6, 6.07) is -1.37. The lowest BCUT2D eigenvalue weighted by Crippen LogP contribution is -2.46. The predicted molar refractivity (Wildman–Crippen MR) is 71.0 cm³/mol. The fourth-order valence-electron chi connectivity index (χ4n) is 1.38. The van der Waals surface area contributed by atoms with E-state index in [1.165, 1.54) is 0 Å². The largest absolute Gasteiger partial charge is 0.480 e. The summed E-state index contributed by atoms with van der Waals surface area (Å²) in [5.74, 6) is -0.323. The van der Waals surface area contributed by atoms with Gasteiger partial charge in [-0.3, -0.25) is 4.21 Å². The van der Waals surface area contributed by atoms with Crippen LogP contribution < -0.4 is 10.6 Å². The number of carbonyl (C=O) groups is 2. The van der Waals surface area contributed by atoms with Gasteiger partial charge in [0.05, 0.1) is 0 Å². The van der Waals surface area contributed by atoms with Crippen LogP contribution in [-0.4, -0.2) is 45.9 Å². The fraction of sp³-hybridized carbons (Fsp3) is 0.818. The van der Waals surface area contributed by atoms with E-state index in [0.29, 0.717) is 25.1 Å². The minimum atomic E-state index is -1.03. The maximum absolute atomic E-state index is 11.4. The number of rotatable bonds is 8. The molecule has 0 aromatic heterocycles. The van der Waals surface area contributed by atoms with E-state index in [-0.39, 0.29) is 5.92 Å². The molecule has 0 aliphatic carbocycles. The molecule has 2 amide bonds. The molecule has 6 nitrogen and oxygen atoms in total. The second-order valence-electron chi connectivity index (χ2n) is 4.55. The van der Waals surface area contributed by atoms with Crippen LogP contribution >= 0.6 is 0 Å². The number of hydrogen-bond acceptors (Lipinski definition) is 3. The van der Waals surface area contributed by atoms with Crippen LogP contribution in [-0.2, 0) is 15.6 Å². The van der Waals surface area contributed by atoms with Gasteiger partial charge in [0.2, 0.25) is 0 Å². The predicted octanol–water partition coefficient (Wildman–Crippen LogP) is 0.554. The third kappa shape index (κ3) is 8.98. The van der Waals surface area contributed by atoms with E-state index in [2.05, 4.69) is 10.6 Å². The molecule has 0 saturated carbocycles. The third-order valence-electron chi connectivity index (χ3n) is 2.20. The average molecular weight is 278 g/mol. The van der Waals surface area contributed by atoms with Crippen molar-refractivity contribution < 1.29 is 18.9 Å². The lowest BCUT2D eigenvalue weighted by atomic mass is 10.0. The zero-order valence-electron chi connectivity index (χ0n) is 11.1. The highest BCUT2D eigenvalue weighted by molar-refractivity contribution is 7.84. The Kier molecular flexibility index (Phi) is 8.36. The molecule has 0 rings (SSSR count). The van der Waals surface area contributed by atoms with Crippen molar-refractivity contribution in [1.29, 1.82) is 0 Å². The van der Waals surface area contributed by atoms with Crippen molar-refractivity contribution in [3.63, 3.8) is 0 Å². The van der Waals surface area contributed by atoms with Gasteiger partial charge >= 0.3 is 12.0 Å². The SMILES string of the molecule is CC(C)CC(NC(=O)NCCCS(C)=O)C(=O)O. The van der Waals surface area contributed by atoms with Gasteiger partial charge < -0.3 is 15.7 Å². The van der Waals surface area contributed by atoms with E-state index in [4.69, 9.17) is 5.11 Å². The highest BCUT2D eigenvalue weighted by Crippen LogP contribution is 2.04. The van der Waals surface area contributed by atoms with E-state index in [1.54, 1.807) is 6.26 Å². The van der Waals surface area contributed by atoms with Crippen molar-refractivity contribution in [2.24, 2.45) is 5.92 Å². The van der Waals surface area contributed by atoms with E-state index in [9.17, 15) is 13.8 Å². The van der Waals surface area contributed by atoms with E-state index >= 15 is 0 Å². The van der Waals surface area contributed by atoms with Crippen LogP contribution in [0.5, 0.6) is 0 Å². The lowest BCUT2D eigenvalue weighted by Gasteiger charge is -2.16. The summed E-state index contributed by atoms with van der Waals surface area (Å²) < 4.78 is 10.8. The van der Waals surface area contributed by atoms with Crippen LogP contribution in [0, 0.1) is 5.92 Å². The van der Waals surface area contributed by atoms with Gasteiger partial charge in [0, 0.05) is 29.4 Å². The Bertz CT molecular complexity index is 307. The molecule has 3 N–H and O–H groups in total. The quantitative estimate of drug-likeness (QED) is 0.565. The number of amides is 2. The van der Waals surface area contributed by atoms with Crippen molar-refractivity contribution in [3.05, 3.63) is 0 Å². The molecule has 0 aromatic rings. The third-order valence-corrected chi connectivity index (χ3v) is 3.07. The molecule has 0 radical (unpaired) electrons. The molecule has 0 bridgehead atoms. The summed E-state index contributed by atoms with van der Waals surface area (Å²) in [6.07, 6.45) is 2.60. The van der Waals surface area contributed by atoms with Crippen molar-refractivity contribution in [2.45, 2.75) is 32.7 Å². The summed E-state index contributed by atoms with van der Waals surface area (Å²) in [6.45, 7) is 4.18. The molecule has 2 atom stereocenters. The molecule has 7 heteroatoms. The van der Waals surface area contributed by atoms with Crippen molar-refractivity contribution in [1.82, 2.24) is 10.6 Å². The van der Waals surface area contributed by atoms with E-state index in [1.807, 2.05) is 13.8 Å². The van der Waals surface area contributed by atoms with Crippen molar-refractivity contribution in [3.8, 4) is 0 Å². The molecule has 2 unspecified atom stereocenters. The first kappa shape index (κ1) is 16.9. The molecule has 0 aromatic carbocycles. The van der Waals surface area contributed by atoms with Crippen molar-refractivity contribution in [2.75, 3.05) is 18.6 Å². The standard InChI is InChI=1S/C11H22N2O4S/c1-8(2)7-9(10(14)15)13-11(16)12-5-4-6-18(3)17/h8-9H,4-7H2,1-3H3,(H,14,15)(H2,12,13,16). The molecule has 18 heavy (non-hydrogen) atoms. The van der Waals surface area contributed by atoms with Gasteiger partial charge in [-0.2, -0.15) is 0 Å². The van der Waals surface area contributed by atoms with Gasteiger partial charge in [-0.25, -0.2) is 9.59 Å². The molecule has 0 spiro atoms. The normalized spacial score (nSPS) is 14.0. The Morgan fingerprint density at radius 2 is 1.94 bits per heavy atom. The average Bonchev–Trinajstić information content (AvgIpc) is 2.22. The second-order valence-corrected chi connectivity index (χ2v) is 6.11. The number of urea groups is 1. The molecule has 0 aliphatic heterocycles. The molecular weight excluding hydrogens is 256 g/mol. The van der Waals surface area contributed by atoms with Gasteiger partial charge in [-0.15, -0.1) is 0 Å².